The monoisotopic (exact) mass is 343 g/mol. The molecule has 2 heterocycles. The minimum Gasteiger partial charge on any atom is -0.352 e. The van der Waals surface area contributed by atoms with Crippen LogP contribution in [0, 0.1) is 0 Å². The third-order valence-corrected chi connectivity index (χ3v) is 4.75. The van der Waals surface area contributed by atoms with Gasteiger partial charge in [-0.25, -0.2) is 13.4 Å². The molecule has 0 aliphatic rings. The smallest absolute Gasteiger partial charge is 0.251 e. The first-order chi connectivity index (χ1) is 11.4. The minimum atomic E-state index is -3.25. The first-order valence-electron chi connectivity index (χ1n) is 7.44. The van der Waals surface area contributed by atoms with Gasteiger partial charge in [0.25, 0.3) is 5.91 Å². The van der Waals surface area contributed by atoms with Crippen LogP contribution in [0.5, 0.6) is 0 Å². The predicted molar refractivity (Wildman–Crippen MR) is 90.8 cm³/mol. The molecule has 1 N–H and O–H groups in total. The summed E-state index contributed by atoms with van der Waals surface area (Å²) in [6.07, 6.45) is 5.61. The fourth-order valence-corrected chi connectivity index (χ4v) is 3.00. The summed E-state index contributed by atoms with van der Waals surface area (Å²) in [5.74, 6) is -0.237. The first-order valence-corrected chi connectivity index (χ1v) is 9.33. The summed E-state index contributed by atoms with van der Waals surface area (Å²) in [5.41, 5.74) is 2.20. The van der Waals surface area contributed by atoms with E-state index in [2.05, 4.69) is 10.3 Å². The highest BCUT2D eigenvalue weighted by molar-refractivity contribution is 7.90. The van der Waals surface area contributed by atoms with E-state index in [9.17, 15) is 13.2 Å². The molecule has 3 rings (SSSR count). The maximum Gasteiger partial charge on any atom is 0.251 e. The van der Waals surface area contributed by atoms with E-state index in [0.29, 0.717) is 18.5 Å². The summed E-state index contributed by atoms with van der Waals surface area (Å²) >= 11 is 0. The van der Waals surface area contributed by atoms with Gasteiger partial charge in [-0.1, -0.05) is 6.07 Å². The number of aromatic nitrogens is 2. The molecule has 0 fully saturated rings. The maximum absolute atomic E-state index is 12.1. The van der Waals surface area contributed by atoms with Gasteiger partial charge < -0.3 is 9.72 Å². The van der Waals surface area contributed by atoms with Crippen molar-refractivity contribution < 1.29 is 13.2 Å². The number of hydrogen-bond acceptors (Lipinski definition) is 4. The van der Waals surface area contributed by atoms with Crippen molar-refractivity contribution in [2.75, 3.05) is 12.8 Å². The minimum absolute atomic E-state index is 0.198. The standard InChI is InChI=1S/C17H17N3O3S/c1-24(22,23)15-7-5-13(6-8-15)17(21)18-10-9-14-12-20-11-3-2-4-16(20)19-14/h2-8,11-12H,9-10H2,1H3,(H,18,21). The number of amides is 1. The lowest BCUT2D eigenvalue weighted by Gasteiger charge is -2.05. The van der Waals surface area contributed by atoms with Crippen LogP contribution < -0.4 is 5.32 Å². The fraction of sp³-hybridized carbons (Fsp3) is 0.176. The van der Waals surface area contributed by atoms with E-state index in [-0.39, 0.29) is 10.8 Å². The molecule has 124 valence electrons. The number of rotatable bonds is 5. The third-order valence-electron chi connectivity index (χ3n) is 3.63. The molecule has 7 heteroatoms. The largest absolute Gasteiger partial charge is 0.352 e. The number of nitrogens with zero attached hydrogens (tertiary/aromatic N) is 2. The predicted octanol–water partition coefficient (Wildman–Crippen LogP) is 1.71. The number of pyridine rings is 1. The highest BCUT2D eigenvalue weighted by atomic mass is 32.2. The maximum atomic E-state index is 12.1. The number of imidazole rings is 1. The molecule has 24 heavy (non-hydrogen) atoms. The van der Waals surface area contributed by atoms with Crippen LogP contribution in [-0.2, 0) is 16.3 Å². The lowest BCUT2D eigenvalue weighted by Crippen LogP contribution is -2.25. The number of sulfone groups is 1. The van der Waals surface area contributed by atoms with E-state index in [1.54, 1.807) is 0 Å². The van der Waals surface area contributed by atoms with Crippen molar-refractivity contribution in [1.82, 2.24) is 14.7 Å². The van der Waals surface area contributed by atoms with Gasteiger partial charge in [0.2, 0.25) is 0 Å². The SMILES string of the molecule is CS(=O)(=O)c1ccc(C(=O)NCCc2cn3ccccc3n2)cc1. The number of fused-ring (bicyclic) bond motifs is 1. The molecule has 0 aliphatic heterocycles. The molecule has 0 bridgehead atoms. The molecule has 0 saturated heterocycles. The summed E-state index contributed by atoms with van der Waals surface area (Å²) in [6, 6.07) is 11.7. The van der Waals surface area contributed by atoms with E-state index >= 15 is 0 Å². The molecule has 1 aromatic carbocycles. The molecule has 3 aromatic rings. The number of benzene rings is 1. The van der Waals surface area contributed by atoms with E-state index in [1.165, 1.54) is 24.3 Å². The number of carbonyl (C=O) groups is 1. The Hall–Kier alpha value is -2.67. The molecule has 1 amide bonds. The van der Waals surface area contributed by atoms with Crippen molar-refractivity contribution in [2.24, 2.45) is 0 Å². The molecule has 6 nitrogen and oxygen atoms in total. The summed E-state index contributed by atoms with van der Waals surface area (Å²) in [4.78, 5) is 16.7. The average molecular weight is 343 g/mol. The van der Waals surface area contributed by atoms with Crippen molar-refractivity contribution >= 4 is 21.4 Å². The highest BCUT2D eigenvalue weighted by Crippen LogP contribution is 2.10. The Morgan fingerprint density at radius 1 is 1.17 bits per heavy atom. The van der Waals surface area contributed by atoms with E-state index in [4.69, 9.17) is 0 Å². The molecular weight excluding hydrogens is 326 g/mol. The first kappa shape index (κ1) is 16.2. The third kappa shape index (κ3) is 3.62. The van der Waals surface area contributed by atoms with Crippen molar-refractivity contribution in [2.45, 2.75) is 11.3 Å². The van der Waals surface area contributed by atoms with Gasteiger partial charge in [-0.3, -0.25) is 4.79 Å². The molecule has 0 atom stereocenters. The second kappa shape index (κ2) is 6.45. The zero-order valence-corrected chi connectivity index (χ0v) is 14.0. The number of carbonyl (C=O) groups excluding carboxylic acids is 1. The Morgan fingerprint density at radius 3 is 2.58 bits per heavy atom. The molecule has 2 aromatic heterocycles. The van der Waals surface area contributed by atoms with Crippen LogP contribution >= 0.6 is 0 Å². The summed E-state index contributed by atoms with van der Waals surface area (Å²) in [7, 11) is -3.25. The van der Waals surface area contributed by atoms with Crippen LogP contribution in [0.25, 0.3) is 5.65 Å². The van der Waals surface area contributed by atoms with Gasteiger partial charge in [0.05, 0.1) is 10.6 Å². The molecule has 0 radical (unpaired) electrons. The van der Waals surface area contributed by atoms with Crippen LogP contribution in [0.3, 0.4) is 0 Å². The lowest BCUT2D eigenvalue weighted by atomic mass is 10.2. The molecule has 0 aliphatic carbocycles. The summed E-state index contributed by atoms with van der Waals surface area (Å²) in [5, 5.41) is 2.81. The topological polar surface area (TPSA) is 80.5 Å². The van der Waals surface area contributed by atoms with E-state index in [0.717, 1.165) is 17.6 Å². The van der Waals surface area contributed by atoms with Crippen molar-refractivity contribution in [3.63, 3.8) is 0 Å². The zero-order valence-electron chi connectivity index (χ0n) is 13.1. The van der Waals surface area contributed by atoms with Crippen molar-refractivity contribution in [3.05, 3.63) is 66.1 Å². The normalized spacial score (nSPS) is 11.5. The van der Waals surface area contributed by atoms with Crippen LogP contribution in [0.2, 0.25) is 0 Å². The van der Waals surface area contributed by atoms with Crippen LogP contribution in [0.15, 0.2) is 59.8 Å². The van der Waals surface area contributed by atoms with Gasteiger partial charge in [-0.05, 0) is 36.4 Å². The van der Waals surface area contributed by atoms with Crippen molar-refractivity contribution in [1.29, 1.82) is 0 Å². The van der Waals surface area contributed by atoms with E-state index < -0.39 is 9.84 Å². The Morgan fingerprint density at radius 2 is 1.92 bits per heavy atom. The fourth-order valence-electron chi connectivity index (χ4n) is 2.37. The van der Waals surface area contributed by atoms with Crippen LogP contribution in [-0.4, -0.2) is 36.5 Å². The van der Waals surface area contributed by atoms with E-state index in [1.807, 2.05) is 35.0 Å². The van der Waals surface area contributed by atoms with Gasteiger partial charge in [0.15, 0.2) is 9.84 Å². The van der Waals surface area contributed by atoms with Crippen LogP contribution in [0.4, 0.5) is 0 Å². The van der Waals surface area contributed by atoms with Gasteiger partial charge in [-0.2, -0.15) is 0 Å². The Kier molecular flexibility index (Phi) is 4.35. The quantitative estimate of drug-likeness (QED) is 0.765. The molecule has 0 spiro atoms. The Balaban J connectivity index is 1.59. The molecular formula is C17H17N3O3S. The lowest BCUT2D eigenvalue weighted by molar-refractivity contribution is 0.0954. The second-order valence-corrected chi connectivity index (χ2v) is 7.52. The highest BCUT2D eigenvalue weighted by Gasteiger charge is 2.10. The molecule has 0 unspecified atom stereocenters. The summed E-state index contributed by atoms with van der Waals surface area (Å²) in [6.45, 7) is 0.455. The second-order valence-electron chi connectivity index (χ2n) is 5.50. The van der Waals surface area contributed by atoms with Crippen molar-refractivity contribution in [3.8, 4) is 0 Å². The Labute approximate surface area is 140 Å². The van der Waals surface area contributed by atoms with Crippen LogP contribution in [0.1, 0.15) is 16.1 Å². The van der Waals surface area contributed by atoms with Gasteiger partial charge in [0, 0.05) is 37.2 Å². The zero-order chi connectivity index (χ0) is 17.2. The van der Waals surface area contributed by atoms with Gasteiger partial charge in [-0.15, -0.1) is 0 Å². The van der Waals surface area contributed by atoms with Gasteiger partial charge >= 0.3 is 0 Å². The van der Waals surface area contributed by atoms with Gasteiger partial charge in [0.1, 0.15) is 5.65 Å². The Bertz CT molecular complexity index is 943. The number of nitrogens with one attached hydrogen (secondary N) is 1. The summed E-state index contributed by atoms with van der Waals surface area (Å²) < 4.78 is 24.7. The number of hydrogen-bond donors (Lipinski definition) is 1. The molecule has 0 saturated carbocycles. The average Bonchev–Trinajstić information content (AvgIpc) is 2.96.